The average molecular weight is 461 g/mol. The number of rotatable bonds is 4. The molecule has 3 heterocycles. The highest BCUT2D eigenvalue weighted by Gasteiger charge is 2.52. The van der Waals surface area contributed by atoms with Crippen molar-refractivity contribution in [1.82, 2.24) is 19.5 Å². The molecule has 1 spiro atoms. The Morgan fingerprint density at radius 1 is 1.24 bits per heavy atom. The van der Waals surface area contributed by atoms with E-state index in [-0.39, 0.29) is 5.41 Å². The van der Waals surface area contributed by atoms with Crippen LogP contribution in [0, 0.1) is 16.7 Å². The summed E-state index contributed by atoms with van der Waals surface area (Å²) < 4.78 is 8.10. The normalized spacial score (nSPS) is 25.0. The molecule has 176 valence electrons. The largest absolute Gasteiger partial charge is 0.441 e. The molecule has 5 rings (SSSR count). The molecule has 9 nitrogen and oxygen atoms in total. The first-order chi connectivity index (χ1) is 16.1. The number of fused-ring (bicyclic) bond motifs is 1. The van der Waals surface area contributed by atoms with Crippen LogP contribution in [0.15, 0.2) is 36.9 Å². The fraction of sp³-hybridized carbons (Fsp3) is 0.480. The van der Waals surface area contributed by atoms with Gasteiger partial charge in [0.1, 0.15) is 11.2 Å². The lowest BCUT2D eigenvalue weighted by atomic mass is 9.68. The Hall–Kier alpha value is -3.51. The number of aliphatic hydroxyl groups is 1. The van der Waals surface area contributed by atoms with Crippen molar-refractivity contribution < 1.29 is 14.6 Å². The standard InChI is InChI=1S/C25H28N6O3/c1-23(2,33)20-11-28-21(12-27-20)31-15-25(34-22(31)32)8-4-7-24(3,13-25)14-30-16-29-18-6-5-17(10-26)9-19(18)30/h5-6,9,11-12,16,33H,4,7-8,13-15H2,1-3H3/t24-,25-/m1/s1. The second kappa shape index (κ2) is 7.77. The maximum atomic E-state index is 12.8. The van der Waals surface area contributed by atoms with E-state index in [0.717, 1.165) is 43.3 Å². The van der Waals surface area contributed by atoms with Gasteiger partial charge in [0, 0.05) is 6.54 Å². The zero-order valence-electron chi connectivity index (χ0n) is 19.7. The van der Waals surface area contributed by atoms with Gasteiger partial charge in [-0.05, 0) is 63.1 Å². The number of benzene rings is 1. The van der Waals surface area contributed by atoms with E-state index >= 15 is 0 Å². The summed E-state index contributed by atoms with van der Waals surface area (Å²) in [7, 11) is 0. The van der Waals surface area contributed by atoms with E-state index in [1.165, 1.54) is 12.4 Å². The maximum absolute atomic E-state index is 12.8. The predicted molar refractivity (Wildman–Crippen MR) is 125 cm³/mol. The first-order valence-corrected chi connectivity index (χ1v) is 11.5. The second-order valence-electron chi connectivity index (χ2n) is 10.5. The molecule has 2 aliphatic rings. The maximum Gasteiger partial charge on any atom is 0.416 e. The monoisotopic (exact) mass is 460 g/mol. The number of imidazole rings is 1. The number of aromatic nitrogens is 4. The van der Waals surface area contributed by atoms with Crippen molar-refractivity contribution >= 4 is 22.9 Å². The van der Waals surface area contributed by atoms with Crippen molar-refractivity contribution in [1.29, 1.82) is 5.26 Å². The highest BCUT2D eigenvalue weighted by molar-refractivity contribution is 5.89. The van der Waals surface area contributed by atoms with Gasteiger partial charge >= 0.3 is 6.09 Å². The zero-order chi connectivity index (χ0) is 24.1. The highest BCUT2D eigenvalue weighted by Crippen LogP contribution is 2.47. The number of hydrogen-bond donors (Lipinski definition) is 1. The van der Waals surface area contributed by atoms with Crippen LogP contribution in [-0.4, -0.2) is 42.9 Å². The Kier molecular flexibility index (Phi) is 5.10. The number of nitriles is 1. The third-order valence-electron chi connectivity index (χ3n) is 6.98. The number of carbonyl (C=O) groups is 1. The summed E-state index contributed by atoms with van der Waals surface area (Å²) in [4.78, 5) is 27.5. The van der Waals surface area contributed by atoms with Crippen LogP contribution in [0.3, 0.4) is 0 Å². The third-order valence-corrected chi connectivity index (χ3v) is 6.98. The van der Waals surface area contributed by atoms with Gasteiger partial charge in [-0.3, -0.25) is 9.88 Å². The van der Waals surface area contributed by atoms with E-state index in [2.05, 4.69) is 32.5 Å². The van der Waals surface area contributed by atoms with Gasteiger partial charge in [0.05, 0.1) is 53.6 Å². The van der Waals surface area contributed by atoms with Crippen molar-refractivity contribution in [2.75, 3.05) is 11.4 Å². The molecule has 0 unspecified atom stereocenters. The second-order valence-corrected chi connectivity index (χ2v) is 10.5. The van der Waals surface area contributed by atoms with Gasteiger partial charge in [-0.1, -0.05) is 6.92 Å². The summed E-state index contributed by atoms with van der Waals surface area (Å²) in [5.74, 6) is 0.423. The summed E-state index contributed by atoms with van der Waals surface area (Å²) in [6, 6.07) is 7.72. The molecule has 34 heavy (non-hydrogen) atoms. The molecule has 0 bridgehead atoms. The Morgan fingerprint density at radius 3 is 2.76 bits per heavy atom. The SMILES string of the molecule is CC(C)(O)c1cnc(N2C[C@]3(CCC[C@@](C)(Cn4cnc5ccc(C#N)cc54)C3)OC2=O)cn1. The van der Waals surface area contributed by atoms with Crippen molar-refractivity contribution in [3.05, 3.63) is 48.2 Å². The molecule has 2 atom stereocenters. The van der Waals surface area contributed by atoms with Crippen molar-refractivity contribution in [3.63, 3.8) is 0 Å². The van der Waals surface area contributed by atoms with Crippen LogP contribution in [0.4, 0.5) is 10.6 Å². The van der Waals surface area contributed by atoms with E-state index in [4.69, 9.17) is 4.74 Å². The molecule has 2 fully saturated rings. The van der Waals surface area contributed by atoms with Crippen LogP contribution in [0.2, 0.25) is 0 Å². The van der Waals surface area contributed by atoms with E-state index in [1.54, 1.807) is 24.8 Å². The summed E-state index contributed by atoms with van der Waals surface area (Å²) in [6.45, 7) is 6.65. The van der Waals surface area contributed by atoms with Crippen molar-refractivity contribution in [2.45, 2.75) is 64.2 Å². The summed E-state index contributed by atoms with van der Waals surface area (Å²) >= 11 is 0. The quantitative estimate of drug-likeness (QED) is 0.627. The molecule has 2 aromatic heterocycles. The molecule has 1 saturated carbocycles. The van der Waals surface area contributed by atoms with Crippen LogP contribution in [-0.2, 0) is 16.9 Å². The summed E-state index contributed by atoms with van der Waals surface area (Å²) in [5.41, 5.74) is 1.05. The first kappa shape index (κ1) is 22.3. The minimum Gasteiger partial charge on any atom is -0.441 e. The molecular weight excluding hydrogens is 432 g/mol. The molecule has 1 N–H and O–H groups in total. The van der Waals surface area contributed by atoms with Gasteiger partial charge in [0.25, 0.3) is 0 Å². The lowest BCUT2D eigenvalue weighted by Gasteiger charge is -2.43. The van der Waals surface area contributed by atoms with Crippen LogP contribution in [0.5, 0.6) is 0 Å². The molecule has 1 aliphatic carbocycles. The van der Waals surface area contributed by atoms with Crippen molar-refractivity contribution in [2.24, 2.45) is 5.41 Å². The van der Waals surface area contributed by atoms with Crippen LogP contribution < -0.4 is 4.90 Å². The molecule has 1 aromatic carbocycles. The smallest absolute Gasteiger partial charge is 0.416 e. The van der Waals surface area contributed by atoms with Crippen LogP contribution in [0.25, 0.3) is 11.0 Å². The number of nitrogens with zero attached hydrogens (tertiary/aromatic N) is 6. The molecule has 9 heteroatoms. The summed E-state index contributed by atoms with van der Waals surface area (Å²) in [5, 5.41) is 19.4. The van der Waals surface area contributed by atoms with Gasteiger partial charge < -0.3 is 14.4 Å². The minimum absolute atomic E-state index is 0.110. The molecule has 1 aliphatic heterocycles. The van der Waals surface area contributed by atoms with Crippen LogP contribution >= 0.6 is 0 Å². The van der Waals surface area contributed by atoms with Crippen molar-refractivity contribution in [3.8, 4) is 6.07 Å². The molecule has 1 saturated heterocycles. The molecule has 0 radical (unpaired) electrons. The van der Waals surface area contributed by atoms with Gasteiger partial charge in [-0.15, -0.1) is 0 Å². The van der Waals surface area contributed by atoms with E-state index < -0.39 is 17.3 Å². The Morgan fingerprint density at radius 2 is 2.06 bits per heavy atom. The van der Waals surface area contributed by atoms with Crippen LogP contribution in [0.1, 0.15) is 57.7 Å². The number of ether oxygens (including phenoxy) is 1. The number of carbonyl (C=O) groups excluding carboxylic acids is 1. The Bertz CT molecular complexity index is 1290. The third kappa shape index (κ3) is 3.99. The lowest BCUT2D eigenvalue weighted by molar-refractivity contribution is -0.0264. The fourth-order valence-corrected chi connectivity index (χ4v) is 5.39. The Labute approximate surface area is 198 Å². The molecule has 3 aromatic rings. The van der Waals surface area contributed by atoms with Gasteiger partial charge in [0.2, 0.25) is 0 Å². The zero-order valence-corrected chi connectivity index (χ0v) is 19.7. The fourth-order valence-electron chi connectivity index (χ4n) is 5.39. The van der Waals surface area contributed by atoms with E-state index in [9.17, 15) is 15.2 Å². The average Bonchev–Trinajstić information content (AvgIpc) is 3.32. The molecule has 1 amide bonds. The predicted octanol–water partition coefficient (Wildman–Crippen LogP) is 3.90. The topological polar surface area (TPSA) is 117 Å². The highest BCUT2D eigenvalue weighted by atomic mass is 16.6. The molecular formula is C25H28N6O3. The van der Waals surface area contributed by atoms with Gasteiger partial charge in [0.15, 0.2) is 5.82 Å². The minimum atomic E-state index is -1.10. The number of amides is 1. The van der Waals surface area contributed by atoms with Gasteiger partial charge in [-0.25, -0.2) is 14.8 Å². The van der Waals surface area contributed by atoms with Gasteiger partial charge in [-0.2, -0.15) is 5.26 Å². The van der Waals surface area contributed by atoms with E-state index in [0.29, 0.717) is 23.6 Å². The van der Waals surface area contributed by atoms with E-state index in [1.807, 2.05) is 18.5 Å². The number of anilines is 1. The number of hydrogen-bond acceptors (Lipinski definition) is 7. The lowest BCUT2D eigenvalue weighted by Crippen LogP contribution is -2.45. The Balaban J connectivity index is 1.36. The summed E-state index contributed by atoms with van der Waals surface area (Å²) in [6.07, 6.45) is 7.88. The first-order valence-electron chi connectivity index (χ1n) is 11.5.